The normalized spacial score (nSPS) is 19.9. The van der Waals surface area contributed by atoms with Gasteiger partial charge in [0.25, 0.3) is 0 Å². The van der Waals surface area contributed by atoms with Crippen LogP contribution in [0.3, 0.4) is 0 Å². The molecule has 0 N–H and O–H groups in total. The third-order valence-corrected chi connectivity index (χ3v) is 6.28. The molecule has 3 rings (SSSR count). The van der Waals surface area contributed by atoms with E-state index < -0.39 is 5.97 Å². The van der Waals surface area contributed by atoms with Crippen LogP contribution in [-0.2, 0) is 6.42 Å². The lowest BCUT2D eigenvalue weighted by Crippen LogP contribution is -2.12. The van der Waals surface area contributed by atoms with Gasteiger partial charge in [0.2, 0.25) is 0 Å². The van der Waals surface area contributed by atoms with Crippen LogP contribution in [0.15, 0.2) is 42.5 Å². The van der Waals surface area contributed by atoms with Crippen molar-refractivity contribution >= 4 is 5.97 Å². The molecule has 1 aliphatic carbocycles. The van der Waals surface area contributed by atoms with Crippen LogP contribution in [0.5, 0.6) is 5.75 Å². The standard InChI is InChI=1S/C26H31NO2/c1-4-18(2)15-20-7-14-25(24(16-20)17-27)29-26(28)23-12-10-22(11-13-23)21-8-5-19(3)6-9-21/h7,10-14,16,18-19,21H,4-6,8-9,15H2,1-3H3. The summed E-state index contributed by atoms with van der Waals surface area (Å²) in [4.78, 5) is 12.6. The van der Waals surface area contributed by atoms with Crippen molar-refractivity contribution in [2.24, 2.45) is 11.8 Å². The van der Waals surface area contributed by atoms with Gasteiger partial charge in [-0.05, 0) is 72.4 Å². The average Bonchev–Trinajstić information content (AvgIpc) is 2.75. The monoisotopic (exact) mass is 389 g/mol. The van der Waals surface area contributed by atoms with E-state index in [0.29, 0.717) is 28.7 Å². The molecule has 1 unspecified atom stereocenters. The maximum absolute atomic E-state index is 12.6. The molecule has 0 aromatic heterocycles. The molecule has 1 atom stereocenters. The van der Waals surface area contributed by atoms with Gasteiger partial charge in [-0.15, -0.1) is 0 Å². The van der Waals surface area contributed by atoms with Crippen LogP contribution in [0.25, 0.3) is 0 Å². The summed E-state index contributed by atoms with van der Waals surface area (Å²) < 4.78 is 5.55. The van der Waals surface area contributed by atoms with Crippen LogP contribution >= 0.6 is 0 Å². The highest BCUT2D eigenvalue weighted by molar-refractivity contribution is 5.91. The highest BCUT2D eigenvalue weighted by Gasteiger charge is 2.20. The van der Waals surface area contributed by atoms with E-state index in [0.717, 1.165) is 24.3 Å². The molecule has 2 aromatic carbocycles. The second-order valence-corrected chi connectivity index (χ2v) is 8.63. The Bertz CT molecular complexity index is 871. The Labute approximate surface area is 174 Å². The van der Waals surface area contributed by atoms with Gasteiger partial charge in [0.05, 0.1) is 11.1 Å². The van der Waals surface area contributed by atoms with Gasteiger partial charge in [0.15, 0.2) is 0 Å². The minimum Gasteiger partial charge on any atom is -0.422 e. The molecule has 0 radical (unpaired) electrons. The Kier molecular flexibility index (Phi) is 7.09. The molecule has 0 aliphatic heterocycles. The fraction of sp³-hybridized carbons (Fsp3) is 0.462. The van der Waals surface area contributed by atoms with Gasteiger partial charge in [-0.2, -0.15) is 5.26 Å². The van der Waals surface area contributed by atoms with Crippen LogP contribution < -0.4 is 4.74 Å². The van der Waals surface area contributed by atoms with E-state index in [1.165, 1.54) is 31.2 Å². The number of rotatable bonds is 6. The van der Waals surface area contributed by atoms with Crippen molar-refractivity contribution in [2.75, 3.05) is 0 Å². The minimum absolute atomic E-state index is 0.329. The smallest absolute Gasteiger partial charge is 0.343 e. The molecule has 0 saturated heterocycles. The Balaban J connectivity index is 1.67. The second kappa shape index (κ2) is 9.74. The zero-order valence-corrected chi connectivity index (χ0v) is 17.8. The van der Waals surface area contributed by atoms with Gasteiger partial charge in [-0.1, -0.05) is 58.2 Å². The van der Waals surface area contributed by atoms with Crippen LogP contribution in [0.1, 0.15) is 85.8 Å². The first-order valence-corrected chi connectivity index (χ1v) is 10.8. The van der Waals surface area contributed by atoms with E-state index >= 15 is 0 Å². The molecule has 2 aromatic rings. The maximum Gasteiger partial charge on any atom is 0.343 e. The van der Waals surface area contributed by atoms with E-state index in [1.54, 1.807) is 6.07 Å². The van der Waals surface area contributed by atoms with Gasteiger partial charge >= 0.3 is 5.97 Å². The number of carbonyl (C=O) groups is 1. The van der Waals surface area contributed by atoms with Crippen molar-refractivity contribution in [1.82, 2.24) is 0 Å². The van der Waals surface area contributed by atoms with E-state index in [9.17, 15) is 10.1 Å². The third kappa shape index (κ3) is 5.48. The fourth-order valence-corrected chi connectivity index (χ4v) is 4.07. The van der Waals surface area contributed by atoms with Crippen molar-refractivity contribution in [2.45, 2.75) is 65.2 Å². The molecule has 0 spiro atoms. The third-order valence-electron chi connectivity index (χ3n) is 6.28. The predicted molar refractivity (Wildman–Crippen MR) is 116 cm³/mol. The topological polar surface area (TPSA) is 50.1 Å². The van der Waals surface area contributed by atoms with Crippen molar-refractivity contribution < 1.29 is 9.53 Å². The molecule has 152 valence electrons. The summed E-state index contributed by atoms with van der Waals surface area (Å²) in [6.45, 7) is 6.67. The number of benzene rings is 2. The molecular weight excluding hydrogens is 358 g/mol. The summed E-state index contributed by atoms with van der Waals surface area (Å²) in [7, 11) is 0. The Hall–Kier alpha value is -2.60. The lowest BCUT2D eigenvalue weighted by atomic mass is 9.79. The summed E-state index contributed by atoms with van der Waals surface area (Å²) in [5, 5.41) is 9.48. The quantitative estimate of drug-likeness (QED) is 0.410. The van der Waals surface area contributed by atoms with E-state index in [-0.39, 0.29) is 0 Å². The van der Waals surface area contributed by atoms with E-state index in [2.05, 4.69) is 39.0 Å². The van der Waals surface area contributed by atoms with Crippen molar-refractivity contribution in [3.05, 3.63) is 64.7 Å². The SMILES string of the molecule is CCC(C)Cc1ccc(OC(=O)c2ccc(C3CCC(C)CC3)cc2)c(C#N)c1. The summed E-state index contributed by atoms with van der Waals surface area (Å²) in [5.41, 5.74) is 3.33. The second-order valence-electron chi connectivity index (χ2n) is 8.63. The van der Waals surface area contributed by atoms with Gasteiger partial charge < -0.3 is 4.74 Å². The number of nitriles is 1. The summed E-state index contributed by atoms with van der Waals surface area (Å²) in [6.07, 6.45) is 7.01. The highest BCUT2D eigenvalue weighted by Crippen LogP contribution is 2.35. The van der Waals surface area contributed by atoms with E-state index in [4.69, 9.17) is 4.74 Å². The molecule has 1 fully saturated rings. The molecule has 0 amide bonds. The highest BCUT2D eigenvalue weighted by atomic mass is 16.5. The Morgan fingerprint density at radius 1 is 1.14 bits per heavy atom. The average molecular weight is 390 g/mol. The molecule has 3 heteroatoms. The van der Waals surface area contributed by atoms with Crippen LogP contribution in [0.4, 0.5) is 0 Å². The molecular formula is C26H31NO2. The van der Waals surface area contributed by atoms with Gasteiger partial charge in [-0.25, -0.2) is 4.79 Å². The number of carbonyl (C=O) groups excluding carboxylic acids is 1. The van der Waals surface area contributed by atoms with Crippen molar-refractivity contribution in [3.63, 3.8) is 0 Å². The first-order chi connectivity index (χ1) is 14.0. The fourth-order valence-electron chi connectivity index (χ4n) is 4.07. The number of hydrogen-bond donors (Lipinski definition) is 0. The van der Waals surface area contributed by atoms with Crippen molar-refractivity contribution in [1.29, 1.82) is 5.26 Å². The predicted octanol–water partition coefficient (Wildman–Crippen LogP) is 6.66. The van der Waals surface area contributed by atoms with Crippen molar-refractivity contribution in [3.8, 4) is 11.8 Å². The summed E-state index contributed by atoms with van der Waals surface area (Å²) >= 11 is 0. The van der Waals surface area contributed by atoms with Gasteiger partial charge in [0.1, 0.15) is 11.8 Å². The Morgan fingerprint density at radius 3 is 2.45 bits per heavy atom. The lowest BCUT2D eigenvalue weighted by Gasteiger charge is -2.26. The molecule has 29 heavy (non-hydrogen) atoms. The molecule has 1 saturated carbocycles. The zero-order chi connectivity index (χ0) is 20.8. The minimum atomic E-state index is -0.417. The number of hydrogen-bond acceptors (Lipinski definition) is 3. The first kappa shape index (κ1) is 21.1. The first-order valence-electron chi connectivity index (χ1n) is 10.8. The van der Waals surface area contributed by atoms with Gasteiger partial charge in [-0.3, -0.25) is 0 Å². The molecule has 0 heterocycles. The maximum atomic E-state index is 12.6. The number of ether oxygens (including phenoxy) is 1. The number of nitrogens with zero attached hydrogens (tertiary/aromatic N) is 1. The Morgan fingerprint density at radius 2 is 1.83 bits per heavy atom. The molecule has 3 nitrogen and oxygen atoms in total. The number of esters is 1. The summed E-state index contributed by atoms with van der Waals surface area (Å²) in [6, 6.07) is 15.5. The van der Waals surface area contributed by atoms with Gasteiger partial charge in [0, 0.05) is 0 Å². The van der Waals surface area contributed by atoms with Crippen LogP contribution in [-0.4, -0.2) is 5.97 Å². The van der Waals surface area contributed by atoms with Crippen LogP contribution in [0.2, 0.25) is 0 Å². The zero-order valence-electron chi connectivity index (χ0n) is 17.8. The molecule has 1 aliphatic rings. The summed E-state index contributed by atoms with van der Waals surface area (Å²) in [5.74, 6) is 1.89. The van der Waals surface area contributed by atoms with E-state index in [1.807, 2.05) is 24.3 Å². The largest absolute Gasteiger partial charge is 0.422 e. The lowest BCUT2D eigenvalue weighted by molar-refractivity contribution is 0.0734. The van der Waals surface area contributed by atoms with Crippen LogP contribution in [0, 0.1) is 23.2 Å². The molecule has 0 bridgehead atoms.